The Morgan fingerprint density at radius 1 is 1.41 bits per heavy atom. The van der Waals surface area contributed by atoms with Gasteiger partial charge in [-0.05, 0) is 6.07 Å². The van der Waals surface area contributed by atoms with Crippen LogP contribution in [0.3, 0.4) is 0 Å². The molecule has 0 amide bonds. The highest BCUT2D eigenvalue weighted by Gasteiger charge is 2.11. The smallest absolute Gasteiger partial charge is 0.258 e. The van der Waals surface area contributed by atoms with E-state index in [0.29, 0.717) is 4.90 Å². The molecule has 2 N–H and O–H groups in total. The van der Waals surface area contributed by atoms with Crippen molar-refractivity contribution in [2.45, 2.75) is 4.90 Å². The van der Waals surface area contributed by atoms with Crippen molar-refractivity contribution in [3.05, 3.63) is 34.1 Å². The van der Waals surface area contributed by atoms with Crippen molar-refractivity contribution in [1.82, 2.24) is 0 Å². The molecule has 0 aliphatic heterocycles. The lowest BCUT2D eigenvalue weighted by Crippen LogP contribution is -2.17. The quantitative estimate of drug-likeness (QED) is 0.494. The van der Waals surface area contributed by atoms with Crippen LogP contribution in [0.5, 0.6) is 0 Å². The fraction of sp³-hybridized carbons (Fsp3) is 0.250. The van der Waals surface area contributed by atoms with Gasteiger partial charge in [0, 0.05) is 16.7 Å². The summed E-state index contributed by atoms with van der Waals surface area (Å²) in [4.78, 5) is 10.0. The van der Waals surface area contributed by atoms with Crippen LogP contribution in [0.2, 0.25) is 0 Å². The molecule has 0 heterocycles. The Bertz CT molecular complexity index is 532. The van der Waals surface area contributed by atoms with Crippen LogP contribution in [-0.2, 0) is 10.0 Å². The van der Waals surface area contributed by atoms with Crippen molar-refractivity contribution in [3.8, 4) is 0 Å². The number of nitro groups is 1. The molecule has 9 heteroatoms. The van der Waals surface area contributed by atoms with E-state index in [-0.39, 0.29) is 17.2 Å². The number of halogens is 1. The summed E-state index contributed by atoms with van der Waals surface area (Å²) in [6, 6.07) is 3.07. The molecule has 0 spiro atoms. The van der Waals surface area contributed by atoms with E-state index < -0.39 is 20.8 Å². The molecular weight excluding hydrogens is 271 g/mol. The molecule has 0 radical (unpaired) electrons. The number of primary sulfonamides is 1. The maximum atomic E-state index is 13.0. The predicted molar refractivity (Wildman–Crippen MR) is 61.8 cm³/mol. The second-order valence-electron chi connectivity index (χ2n) is 3.12. The van der Waals surface area contributed by atoms with Gasteiger partial charge in [-0.15, -0.1) is 11.8 Å². The summed E-state index contributed by atoms with van der Waals surface area (Å²) >= 11 is 0.989. The number of benzene rings is 1. The molecule has 0 saturated heterocycles. The van der Waals surface area contributed by atoms with Crippen molar-refractivity contribution in [2.75, 3.05) is 11.5 Å². The van der Waals surface area contributed by atoms with Crippen LogP contribution in [0.25, 0.3) is 0 Å². The molecule has 0 unspecified atom stereocenters. The van der Waals surface area contributed by atoms with Crippen LogP contribution in [0.4, 0.5) is 10.1 Å². The maximum Gasteiger partial charge on any atom is 0.273 e. The fourth-order valence-corrected chi connectivity index (χ4v) is 2.91. The van der Waals surface area contributed by atoms with E-state index in [1.807, 2.05) is 0 Å². The standard InChI is InChI=1S/C8H9FN2O4S2/c9-6-3-7(11(12)13)5-8(4-6)16-1-2-17(10,14)15/h3-5H,1-2H2,(H2,10,14,15). The zero-order valence-electron chi connectivity index (χ0n) is 8.50. The molecule has 0 aliphatic rings. The van der Waals surface area contributed by atoms with Crippen LogP contribution in [0.1, 0.15) is 0 Å². The molecule has 0 fully saturated rings. The van der Waals surface area contributed by atoms with E-state index in [0.717, 1.165) is 23.9 Å². The second kappa shape index (κ2) is 5.43. The van der Waals surface area contributed by atoms with E-state index in [2.05, 4.69) is 0 Å². The second-order valence-corrected chi connectivity index (χ2v) is 6.02. The third-order valence-corrected chi connectivity index (χ3v) is 3.71. The molecule has 1 aromatic carbocycles. The van der Waals surface area contributed by atoms with Gasteiger partial charge in [-0.25, -0.2) is 17.9 Å². The first-order valence-electron chi connectivity index (χ1n) is 4.36. The van der Waals surface area contributed by atoms with Crippen LogP contribution >= 0.6 is 11.8 Å². The summed E-state index contributed by atoms with van der Waals surface area (Å²) in [7, 11) is -3.58. The predicted octanol–water partition coefficient (Wildman–Crippen LogP) is 1.11. The lowest BCUT2D eigenvalue weighted by atomic mass is 10.3. The van der Waals surface area contributed by atoms with E-state index >= 15 is 0 Å². The molecule has 17 heavy (non-hydrogen) atoms. The first-order valence-corrected chi connectivity index (χ1v) is 7.06. The topological polar surface area (TPSA) is 103 Å². The van der Waals surface area contributed by atoms with Gasteiger partial charge in [-0.2, -0.15) is 0 Å². The van der Waals surface area contributed by atoms with Crippen molar-refractivity contribution < 1.29 is 17.7 Å². The van der Waals surface area contributed by atoms with E-state index in [1.165, 1.54) is 6.07 Å². The summed E-state index contributed by atoms with van der Waals surface area (Å²) < 4.78 is 34.3. The van der Waals surface area contributed by atoms with E-state index in [1.54, 1.807) is 0 Å². The Morgan fingerprint density at radius 2 is 2.06 bits per heavy atom. The number of hydrogen-bond acceptors (Lipinski definition) is 5. The number of non-ortho nitro benzene ring substituents is 1. The third kappa shape index (κ3) is 5.11. The third-order valence-electron chi connectivity index (χ3n) is 1.70. The minimum absolute atomic E-state index is 0.111. The summed E-state index contributed by atoms with van der Waals surface area (Å²) in [5.74, 6) is -0.904. The minimum atomic E-state index is -3.58. The van der Waals surface area contributed by atoms with Crippen molar-refractivity contribution in [3.63, 3.8) is 0 Å². The normalized spacial score (nSPS) is 11.4. The summed E-state index contributed by atoms with van der Waals surface area (Å²) in [5.41, 5.74) is -0.372. The van der Waals surface area contributed by atoms with Crippen molar-refractivity contribution in [1.29, 1.82) is 0 Å². The average molecular weight is 280 g/mol. The molecule has 0 bridgehead atoms. The maximum absolute atomic E-state index is 13.0. The lowest BCUT2D eigenvalue weighted by Gasteiger charge is -2.01. The van der Waals surface area contributed by atoms with Gasteiger partial charge >= 0.3 is 0 Å². The van der Waals surface area contributed by atoms with Gasteiger partial charge in [-0.1, -0.05) is 0 Å². The largest absolute Gasteiger partial charge is 0.273 e. The number of nitrogens with two attached hydrogens (primary N) is 1. The van der Waals surface area contributed by atoms with Gasteiger partial charge in [0.15, 0.2) is 0 Å². The first-order chi connectivity index (χ1) is 7.78. The van der Waals surface area contributed by atoms with Crippen LogP contribution < -0.4 is 5.14 Å². The summed E-state index contributed by atoms with van der Waals surface area (Å²) in [6.45, 7) is 0. The number of nitro benzene ring substituents is 1. The Hall–Kier alpha value is -1.19. The highest BCUT2D eigenvalue weighted by Crippen LogP contribution is 2.24. The highest BCUT2D eigenvalue weighted by atomic mass is 32.2. The molecule has 1 rings (SSSR count). The molecule has 1 aromatic rings. The summed E-state index contributed by atoms with van der Waals surface area (Å²) in [5, 5.41) is 15.2. The number of thioether (sulfide) groups is 1. The van der Waals surface area contributed by atoms with Gasteiger partial charge in [0.1, 0.15) is 5.82 Å². The number of rotatable bonds is 5. The van der Waals surface area contributed by atoms with Crippen LogP contribution in [0, 0.1) is 15.9 Å². The number of hydrogen-bond donors (Lipinski definition) is 1. The Balaban J connectivity index is 2.75. The molecule has 0 aliphatic carbocycles. The van der Waals surface area contributed by atoms with Gasteiger partial charge in [0.05, 0.1) is 16.7 Å². The SMILES string of the molecule is NS(=O)(=O)CCSc1cc(F)cc([N+](=O)[O-])c1. The van der Waals surface area contributed by atoms with E-state index in [9.17, 15) is 22.9 Å². The zero-order valence-corrected chi connectivity index (χ0v) is 10.1. The highest BCUT2D eigenvalue weighted by molar-refractivity contribution is 8.00. The number of sulfonamides is 1. The Morgan fingerprint density at radius 3 is 2.59 bits per heavy atom. The molecule has 0 saturated carbocycles. The van der Waals surface area contributed by atoms with Crippen LogP contribution in [-0.4, -0.2) is 24.8 Å². The van der Waals surface area contributed by atoms with Gasteiger partial charge in [-0.3, -0.25) is 10.1 Å². The average Bonchev–Trinajstić information content (AvgIpc) is 2.14. The molecule has 6 nitrogen and oxygen atoms in total. The van der Waals surface area contributed by atoms with Gasteiger partial charge in [0.25, 0.3) is 5.69 Å². The number of nitrogens with zero attached hydrogens (tertiary/aromatic N) is 1. The zero-order chi connectivity index (χ0) is 13.1. The lowest BCUT2D eigenvalue weighted by molar-refractivity contribution is -0.385. The minimum Gasteiger partial charge on any atom is -0.258 e. The Kier molecular flexibility index (Phi) is 4.43. The molecular formula is C8H9FN2O4S2. The molecule has 0 aromatic heterocycles. The van der Waals surface area contributed by atoms with E-state index in [4.69, 9.17) is 5.14 Å². The summed E-state index contributed by atoms with van der Waals surface area (Å²) in [6.07, 6.45) is 0. The van der Waals surface area contributed by atoms with Crippen LogP contribution in [0.15, 0.2) is 23.1 Å². The fourth-order valence-electron chi connectivity index (χ4n) is 1.01. The van der Waals surface area contributed by atoms with Gasteiger partial charge < -0.3 is 0 Å². The monoisotopic (exact) mass is 280 g/mol. The molecule has 0 atom stereocenters. The van der Waals surface area contributed by atoms with Crippen molar-refractivity contribution >= 4 is 27.5 Å². The van der Waals surface area contributed by atoms with Crippen molar-refractivity contribution in [2.24, 2.45) is 5.14 Å². The van der Waals surface area contributed by atoms with Gasteiger partial charge in [0.2, 0.25) is 10.0 Å². The molecule has 94 valence electrons. The first kappa shape index (κ1) is 13.9. The Labute approximate surface area is 101 Å².